The normalized spacial score (nSPS) is 10.8. The van der Waals surface area contributed by atoms with E-state index in [2.05, 4.69) is 229 Å². The second-order valence-electron chi connectivity index (χ2n) is 23.1. The Morgan fingerprint density at radius 1 is 0.480 bits per heavy atom. The Morgan fingerprint density at radius 2 is 0.930 bits per heavy atom. The molecule has 0 amide bonds. The number of hydrogen-bond donors (Lipinski definition) is 1. The number of unbranched alkanes of at least 4 members (excludes halogenated alkanes) is 4. The molecule has 100 heavy (non-hydrogen) atoms. The molecule has 0 unspecified atom stereocenters. The summed E-state index contributed by atoms with van der Waals surface area (Å²) < 4.78 is 29.8. The SMILES string of the molecule is CCCCN(CCCC)c1cc(OCC)c(/C=C/c2ccc(-n3c4ccccc4c4cc(-c5cc6c7ccccc7n(/C=C/c7cc(OCC)c(N(CCCC)CCCC)cc7OCC)c6cn5)ncc43)cc2)cc1OCC.O=C(O)c1ccnc(-c2ccccn2)c1.[N-]=C=S.[N-]=C=S.[Ru+2]. The molecule has 11 rings (SSSR count). The molecule has 11 aromatic rings. The number of carboxylic acid groups (broad SMARTS) is 1. The van der Waals surface area contributed by atoms with Gasteiger partial charge in [0.25, 0.3) is 0 Å². The minimum atomic E-state index is -0.963. The predicted octanol–water partition coefficient (Wildman–Crippen LogP) is 20.7. The number of hydrogen-bond acceptors (Lipinski definition) is 13. The Morgan fingerprint density at radius 3 is 1.43 bits per heavy atom. The van der Waals surface area contributed by atoms with Gasteiger partial charge in [-0.1, -0.05) is 145 Å². The van der Waals surface area contributed by atoms with Gasteiger partial charge in [-0.2, -0.15) is 10.3 Å². The number of pyridine rings is 4. The van der Waals surface area contributed by atoms with Gasteiger partial charge in [-0.25, -0.2) is 4.79 Å². The molecule has 0 saturated carbocycles. The average Bonchev–Trinajstić information content (AvgIpc) is 1.59. The molecule has 5 aromatic carbocycles. The number of thiocarbonyl (C=S) groups is 2. The van der Waals surface area contributed by atoms with Crippen LogP contribution in [0.15, 0.2) is 164 Å². The van der Waals surface area contributed by atoms with Gasteiger partial charge in [0.15, 0.2) is 0 Å². The van der Waals surface area contributed by atoms with E-state index in [4.69, 9.17) is 44.8 Å². The van der Waals surface area contributed by atoms with E-state index in [1.54, 1.807) is 18.3 Å². The van der Waals surface area contributed by atoms with Crippen molar-refractivity contribution in [3.8, 4) is 51.5 Å². The molecule has 0 radical (unpaired) electrons. The third-order valence-electron chi connectivity index (χ3n) is 16.6. The number of para-hydroxylation sites is 2. The minimum absolute atomic E-state index is 0. The molecule has 0 atom stereocenters. The fraction of sp³-hybridized carbons (Fsp3) is 0.296. The second-order valence-corrected chi connectivity index (χ2v) is 23.5. The summed E-state index contributed by atoms with van der Waals surface area (Å²) in [7, 11) is 0. The van der Waals surface area contributed by atoms with E-state index >= 15 is 0 Å². The Bertz CT molecular complexity index is 4560. The number of carbonyl (C=O) groups is 1. The summed E-state index contributed by atoms with van der Waals surface area (Å²) in [6.07, 6.45) is 24.7. The van der Waals surface area contributed by atoms with Crippen LogP contribution in [-0.4, -0.2) is 103 Å². The summed E-state index contributed by atoms with van der Waals surface area (Å²) in [6, 6.07) is 47.3. The molecule has 518 valence electrons. The van der Waals surface area contributed by atoms with Gasteiger partial charge in [-0.05, 0) is 138 Å². The van der Waals surface area contributed by atoms with Crippen LogP contribution in [0.2, 0.25) is 0 Å². The summed E-state index contributed by atoms with van der Waals surface area (Å²) in [6.45, 7) is 23.5. The average molecular weight is 1460 g/mol. The third kappa shape index (κ3) is 19.8. The van der Waals surface area contributed by atoms with Crippen LogP contribution in [0.25, 0.3) is 107 Å². The first-order valence-electron chi connectivity index (χ1n) is 34.2. The number of rotatable bonds is 30. The van der Waals surface area contributed by atoms with E-state index in [-0.39, 0.29) is 25.0 Å². The van der Waals surface area contributed by atoms with Crippen LogP contribution in [0.4, 0.5) is 11.4 Å². The standard InChI is InChI=1S/C68H80N6O4.C11H8N2O2.2CNS.Ru/c1-9-17-36-71(37-18-10-2)61-45-65(75-13-5)50(41-67(61)77-15-7)32-29-49-30-33-52(34-31-49)74-60-28-24-22-26-54(60)56-44-58(70-48-64(56)74)57-43-55-53-25-21-23-27-59(53)73(63(55)47-69-57)40-35-51-42-68(78-16-8)62(46-66(51)76-14-6)72(38-19-11-3)39-20-12-4;14-11(15)8-4-6-13-10(7-8)9-3-1-2-5-12-9;2*2-1-3;/h21-35,40-48H,9-20,36-39H2,1-8H3;1-7H,(H,14,15);;;/q;;2*-1;+2/b32-29+,40-35+;;;;. The maximum absolute atomic E-state index is 10.7. The van der Waals surface area contributed by atoms with Crippen LogP contribution in [0.5, 0.6) is 23.0 Å². The molecular formula is C81H88N10O6RuS2. The predicted molar refractivity (Wildman–Crippen MR) is 417 cm³/mol. The van der Waals surface area contributed by atoms with Gasteiger partial charge in [0.1, 0.15) is 23.0 Å². The van der Waals surface area contributed by atoms with Crippen LogP contribution in [0, 0.1) is 0 Å². The monoisotopic (exact) mass is 1460 g/mol. The van der Waals surface area contributed by atoms with Crippen molar-refractivity contribution >= 4 is 120 Å². The third-order valence-corrected chi connectivity index (χ3v) is 16.6. The van der Waals surface area contributed by atoms with Crippen molar-refractivity contribution in [2.75, 3.05) is 62.4 Å². The Kier molecular flexibility index (Phi) is 31.3. The van der Waals surface area contributed by atoms with Crippen LogP contribution >= 0.6 is 24.4 Å². The summed E-state index contributed by atoms with van der Waals surface area (Å²) in [5.74, 6) is 2.53. The first kappa shape index (κ1) is 77.6. The number of nitrogens with zero attached hydrogens (tertiary/aromatic N) is 10. The number of anilines is 2. The number of isothiocyanates is 2. The quantitative estimate of drug-likeness (QED) is 0.0194. The maximum atomic E-state index is 10.7. The van der Waals surface area contributed by atoms with Gasteiger partial charge in [-0.15, -0.1) is 0 Å². The van der Waals surface area contributed by atoms with Gasteiger partial charge in [-0.3, -0.25) is 19.9 Å². The largest absolute Gasteiger partial charge is 2.00 e. The van der Waals surface area contributed by atoms with Crippen molar-refractivity contribution < 1.29 is 48.3 Å². The number of aromatic carboxylic acids is 1. The zero-order valence-electron chi connectivity index (χ0n) is 58.3. The fourth-order valence-corrected chi connectivity index (χ4v) is 11.9. The molecule has 0 saturated heterocycles. The van der Waals surface area contributed by atoms with Crippen LogP contribution in [0.3, 0.4) is 0 Å². The molecule has 6 heterocycles. The van der Waals surface area contributed by atoms with Crippen molar-refractivity contribution in [1.82, 2.24) is 29.1 Å². The minimum Gasteiger partial charge on any atom is -0.753 e. The van der Waals surface area contributed by atoms with Crippen molar-refractivity contribution in [3.05, 3.63) is 197 Å². The topological polar surface area (TPSA) is 187 Å². The molecule has 0 fully saturated rings. The molecule has 0 aliphatic carbocycles. The van der Waals surface area contributed by atoms with Gasteiger partial charge < -0.3 is 53.8 Å². The number of aromatic nitrogens is 6. The van der Waals surface area contributed by atoms with Crippen LogP contribution in [-0.2, 0) is 19.5 Å². The zero-order chi connectivity index (χ0) is 70.5. The van der Waals surface area contributed by atoms with E-state index < -0.39 is 5.97 Å². The maximum Gasteiger partial charge on any atom is 2.00 e. The molecule has 0 aliphatic heterocycles. The van der Waals surface area contributed by atoms with Crippen LogP contribution < -0.4 is 28.7 Å². The Balaban J connectivity index is 0.000000548. The van der Waals surface area contributed by atoms with E-state index in [9.17, 15) is 4.79 Å². The summed E-state index contributed by atoms with van der Waals surface area (Å²) in [5.41, 5.74) is 13.6. The number of benzene rings is 5. The molecule has 6 aromatic heterocycles. The van der Waals surface area contributed by atoms with E-state index in [1.807, 2.05) is 32.3 Å². The zero-order valence-corrected chi connectivity index (χ0v) is 61.7. The van der Waals surface area contributed by atoms with Gasteiger partial charge >= 0.3 is 25.4 Å². The van der Waals surface area contributed by atoms with Crippen molar-refractivity contribution in [2.45, 2.75) is 107 Å². The molecule has 0 bridgehead atoms. The van der Waals surface area contributed by atoms with Gasteiger partial charge in [0.2, 0.25) is 0 Å². The summed E-state index contributed by atoms with van der Waals surface area (Å²) in [4.78, 5) is 34.1. The summed E-state index contributed by atoms with van der Waals surface area (Å²) in [5, 5.41) is 30.3. The molecular weight excluding hydrogens is 1370 g/mol. The number of ether oxygens (including phenoxy) is 4. The van der Waals surface area contributed by atoms with Crippen LogP contribution in [0.1, 0.15) is 134 Å². The van der Waals surface area contributed by atoms with E-state index in [0.717, 1.165) is 189 Å². The summed E-state index contributed by atoms with van der Waals surface area (Å²) >= 11 is 7.40. The molecule has 0 aliphatic rings. The Labute approximate surface area is 611 Å². The molecule has 19 heteroatoms. The first-order valence-corrected chi connectivity index (χ1v) is 35.0. The van der Waals surface area contributed by atoms with Crippen molar-refractivity contribution in [3.63, 3.8) is 0 Å². The van der Waals surface area contributed by atoms with E-state index in [1.165, 1.54) is 28.7 Å². The first-order chi connectivity index (χ1) is 48.5. The number of fused-ring (bicyclic) bond motifs is 6. The van der Waals surface area contributed by atoms with Gasteiger partial charge in [0.05, 0.1) is 101 Å². The number of carboxylic acids is 1. The van der Waals surface area contributed by atoms with Crippen molar-refractivity contribution in [2.24, 2.45) is 0 Å². The van der Waals surface area contributed by atoms with Crippen molar-refractivity contribution in [1.29, 1.82) is 0 Å². The van der Waals surface area contributed by atoms with E-state index in [0.29, 0.717) is 37.8 Å². The fourth-order valence-electron chi connectivity index (χ4n) is 11.9. The molecule has 1 N–H and O–H groups in total. The second kappa shape index (κ2) is 40.4. The van der Waals surface area contributed by atoms with Gasteiger partial charge in [0, 0.05) is 95.3 Å². The Hall–Kier alpha value is -9.73. The molecule has 16 nitrogen and oxygen atoms in total. The molecule has 0 spiro atoms. The smallest absolute Gasteiger partial charge is 0.753 e.